The van der Waals surface area contributed by atoms with Crippen molar-refractivity contribution in [1.82, 2.24) is 15.2 Å². The number of methoxy groups -OCH3 is 2. The summed E-state index contributed by atoms with van der Waals surface area (Å²) in [6.07, 6.45) is 0.190. The number of aromatic amines is 1. The molecule has 2 rings (SSSR count). The van der Waals surface area contributed by atoms with Gasteiger partial charge in [0, 0.05) is 0 Å². The normalized spacial score (nSPS) is 10.0. The monoisotopic (exact) mass is 292 g/mol. The van der Waals surface area contributed by atoms with Gasteiger partial charge in [0.2, 0.25) is 11.9 Å². The first-order valence-electron chi connectivity index (χ1n) is 6.24. The van der Waals surface area contributed by atoms with Crippen molar-refractivity contribution in [3.8, 4) is 17.5 Å². The highest BCUT2D eigenvalue weighted by Crippen LogP contribution is 2.17. The molecule has 0 saturated carbocycles. The molecular formula is C13H16N4O4. The molecule has 0 aliphatic carbocycles. The molecule has 0 atom stereocenters. The molecule has 0 radical (unpaired) electrons. The van der Waals surface area contributed by atoms with Crippen LogP contribution in [0.1, 0.15) is 6.42 Å². The SMILES string of the molecule is COc1ccc(OCCC(=O)Nc2nc(OC)n[nH]2)cc1. The lowest BCUT2D eigenvalue weighted by molar-refractivity contribution is -0.116. The Bertz CT molecular complexity index is 582. The maximum atomic E-state index is 11.7. The van der Waals surface area contributed by atoms with E-state index in [1.54, 1.807) is 31.4 Å². The predicted octanol–water partition coefficient (Wildman–Crippen LogP) is 1.23. The van der Waals surface area contributed by atoms with Crippen LogP contribution in [0.4, 0.5) is 5.95 Å². The van der Waals surface area contributed by atoms with E-state index in [0.717, 1.165) is 5.75 Å². The number of H-pyrrole nitrogens is 1. The molecule has 1 aromatic carbocycles. The van der Waals surface area contributed by atoms with Gasteiger partial charge in [-0.1, -0.05) is 0 Å². The first-order valence-corrected chi connectivity index (χ1v) is 6.24. The molecule has 1 heterocycles. The standard InChI is InChI=1S/C13H16N4O4/c1-19-9-3-5-10(6-4-9)21-8-7-11(18)14-12-15-13(20-2)17-16-12/h3-6H,7-8H2,1-2H3,(H2,14,15,16,17,18). The van der Waals surface area contributed by atoms with E-state index in [-0.39, 0.29) is 30.9 Å². The Labute approximate surface area is 121 Å². The summed E-state index contributed by atoms with van der Waals surface area (Å²) in [6, 6.07) is 7.29. The number of amides is 1. The Balaban J connectivity index is 1.73. The summed E-state index contributed by atoms with van der Waals surface area (Å²) in [5, 5.41) is 8.80. The molecule has 0 bridgehead atoms. The number of aromatic nitrogens is 3. The third-order valence-corrected chi connectivity index (χ3v) is 2.56. The lowest BCUT2D eigenvalue weighted by atomic mass is 10.3. The minimum atomic E-state index is -0.234. The maximum Gasteiger partial charge on any atom is 0.336 e. The van der Waals surface area contributed by atoms with Crippen LogP contribution >= 0.6 is 0 Å². The molecule has 8 heteroatoms. The number of anilines is 1. The molecule has 1 amide bonds. The molecule has 8 nitrogen and oxygen atoms in total. The number of hydrogen-bond donors (Lipinski definition) is 2. The number of rotatable bonds is 7. The van der Waals surface area contributed by atoms with Gasteiger partial charge in [0.25, 0.3) is 0 Å². The molecule has 0 spiro atoms. The van der Waals surface area contributed by atoms with Crippen LogP contribution in [-0.2, 0) is 4.79 Å². The molecule has 2 N–H and O–H groups in total. The van der Waals surface area contributed by atoms with E-state index in [9.17, 15) is 4.79 Å². The minimum Gasteiger partial charge on any atom is -0.497 e. The van der Waals surface area contributed by atoms with Gasteiger partial charge in [-0.2, -0.15) is 4.98 Å². The van der Waals surface area contributed by atoms with Gasteiger partial charge in [0.15, 0.2) is 0 Å². The first-order chi connectivity index (χ1) is 10.2. The number of nitrogens with one attached hydrogen (secondary N) is 2. The number of ether oxygens (including phenoxy) is 3. The summed E-state index contributed by atoms with van der Waals surface area (Å²) in [5.74, 6) is 1.42. The Morgan fingerprint density at radius 2 is 1.90 bits per heavy atom. The van der Waals surface area contributed by atoms with Gasteiger partial charge < -0.3 is 14.2 Å². The van der Waals surface area contributed by atoms with Gasteiger partial charge in [-0.05, 0) is 24.3 Å². The van der Waals surface area contributed by atoms with E-state index in [1.165, 1.54) is 7.11 Å². The quantitative estimate of drug-likeness (QED) is 0.796. The summed E-state index contributed by atoms with van der Waals surface area (Å²) in [4.78, 5) is 15.5. The van der Waals surface area contributed by atoms with Crippen molar-refractivity contribution in [3.05, 3.63) is 24.3 Å². The summed E-state index contributed by atoms with van der Waals surface area (Å²) < 4.78 is 15.3. The van der Waals surface area contributed by atoms with Crippen molar-refractivity contribution < 1.29 is 19.0 Å². The Kier molecular flexibility index (Phi) is 4.97. The van der Waals surface area contributed by atoms with Gasteiger partial charge >= 0.3 is 6.01 Å². The van der Waals surface area contributed by atoms with E-state index in [4.69, 9.17) is 14.2 Å². The smallest absolute Gasteiger partial charge is 0.336 e. The highest BCUT2D eigenvalue weighted by Gasteiger charge is 2.07. The Morgan fingerprint density at radius 3 is 2.52 bits per heavy atom. The van der Waals surface area contributed by atoms with Crippen LogP contribution < -0.4 is 19.5 Å². The van der Waals surface area contributed by atoms with Crippen molar-refractivity contribution in [3.63, 3.8) is 0 Å². The third-order valence-electron chi connectivity index (χ3n) is 2.56. The first kappa shape index (κ1) is 14.6. The van der Waals surface area contributed by atoms with Crippen molar-refractivity contribution >= 4 is 11.9 Å². The maximum absolute atomic E-state index is 11.7. The van der Waals surface area contributed by atoms with Crippen LogP contribution in [0.2, 0.25) is 0 Å². The van der Waals surface area contributed by atoms with Crippen LogP contribution in [0.25, 0.3) is 0 Å². The third kappa shape index (κ3) is 4.37. The van der Waals surface area contributed by atoms with Gasteiger partial charge in [-0.25, -0.2) is 5.10 Å². The van der Waals surface area contributed by atoms with E-state index in [2.05, 4.69) is 20.5 Å². The number of carbonyl (C=O) groups excluding carboxylic acids is 1. The molecular weight excluding hydrogens is 276 g/mol. The zero-order valence-corrected chi connectivity index (χ0v) is 11.8. The van der Waals surface area contributed by atoms with E-state index in [0.29, 0.717) is 5.75 Å². The van der Waals surface area contributed by atoms with E-state index < -0.39 is 0 Å². The minimum absolute atomic E-state index is 0.166. The lowest BCUT2D eigenvalue weighted by Gasteiger charge is -2.06. The largest absolute Gasteiger partial charge is 0.497 e. The van der Waals surface area contributed by atoms with Gasteiger partial charge in [-0.3, -0.25) is 10.1 Å². The number of benzene rings is 1. The van der Waals surface area contributed by atoms with Gasteiger partial charge in [0.1, 0.15) is 11.5 Å². The number of carbonyl (C=O) groups is 1. The molecule has 0 saturated heterocycles. The molecule has 0 aliphatic rings. The summed E-state index contributed by atoms with van der Waals surface area (Å²) >= 11 is 0. The summed E-state index contributed by atoms with van der Waals surface area (Å²) in [6.45, 7) is 0.253. The molecule has 21 heavy (non-hydrogen) atoms. The lowest BCUT2D eigenvalue weighted by Crippen LogP contribution is -2.16. The Hall–Kier alpha value is -2.77. The predicted molar refractivity (Wildman–Crippen MR) is 74.7 cm³/mol. The average molecular weight is 292 g/mol. The highest BCUT2D eigenvalue weighted by atomic mass is 16.5. The van der Waals surface area contributed by atoms with Crippen LogP contribution in [0.15, 0.2) is 24.3 Å². The molecule has 112 valence electrons. The molecule has 1 aromatic heterocycles. The van der Waals surface area contributed by atoms with Crippen molar-refractivity contribution in [2.45, 2.75) is 6.42 Å². The topological polar surface area (TPSA) is 98.4 Å². The van der Waals surface area contributed by atoms with Crippen LogP contribution in [0, 0.1) is 0 Å². The summed E-state index contributed by atoms with van der Waals surface area (Å²) in [7, 11) is 3.04. The fourth-order valence-corrected chi connectivity index (χ4v) is 1.52. The molecule has 0 fully saturated rings. The second-order valence-corrected chi connectivity index (χ2v) is 3.99. The zero-order chi connectivity index (χ0) is 15.1. The molecule has 0 aliphatic heterocycles. The van der Waals surface area contributed by atoms with Gasteiger partial charge in [0.05, 0.1) is 27.2 Å². The van der Waals surface area contributed by atoms with Crippen LogP contribution in [-0.4, -0.2) is 41.9 Å². The fourth-order valence-electron chi connectivity index (χ4n) is 1.52. The average Bonchev–Trinajstić information content (AvgIpc) is 2.95. The fraction of sp³-hybridized carbons (Fsp3) is 0.308. The zero-order valence-electron chi connectivity index (χ0n) is 11.8. The number of hydrogen-bond acceptors (Lipinski definition) is 6. The van der Waals surface area contributed by atoms with E-state index >= 15 is 0 Å². The highest BCUT2D eigenvalue weighted by molar-refractivity contribution is 5.88. The number of nitrogens with zero attached hydrogens (tertiary/aromatic N) is 2. The van der Waals surface area contributed by atoms with E-state index in [1.807, 2.05) is 0 Å². The Morgan fingerprint density at radius 1 is 1.19 bits per heavy atom. The van der Waals surface area contributed by atoms with Gasteiger partial charge in [-0.15, -0.1) is 5.10 Å². The van der Waals surface area contributed by atoms with Crippen molar-refractivity contribution in [2.75, 3.05) is 26.1 Å². The molecule has 0 unspecified atom stereocenters. The van der Waals surface area contributed by atoms with Crippen LogP contribution in [0.5, 0.6) is 17.5 Å². The van der Waals surface area contributed by atoms with Crippen LogP contribution in [0.3, 0.4) is 0 Å². The molecule has 2 aromatic rings. The second kappa shape index (κ2) is 7.13. The second-order valence-electron chi connectivity index (χ2n) is 3.99. The van der Waals surface area contributed by atoms with Crippen molar-refractivity contribution in [2.24, 2.45) is 0 Å². The van der Waals surface area contributed by atoms with Crippen molar-refractivity contribution in [1.29, 1.82) is 0 Å². The summed E-state index contributed by atoms with van der Waals surface area (Å²) in [5.41, 5.74) is 0.